The average molecular weight is 402 g/mol. The van der Waals surface area contributed by atoms with Gasteiger partial charge >= 0.3 is 5.97 Å². The summed E-state index contributed by atoms with van der Waals surface area (Å²) in [5.41, 5.74) is 0.756. The number of carbonyl (C=O) groups excluding carboxylic acids is 2. The van der Waals surface area contributed by atoms with Crippen LogP contribution in [0.3, 0.4) is 0 Å². The number of fused-ring (bicyclic) bond motifs is 6. The highest BCUT2D eigenvalue weighted by atomic mass is 16.6. The minimum Gasteiger partial charge on any atom is -0.449 e. The fraction of sp³-hybridized carbons (Fsp3) is 0.273. The second-order valence-electron chi connectivity index (χ2n) is 8.02. The van der Waals surface area contributed by atoms with E-state index in [0.717, 1.165) is 11.3 Å². The Bertz CT molecular complexity index is 1300. The zero-order valence-corrected chi connectivity index (χ0v) is 16.1. The molecule has 8 heteroatoms. The molecule has 0 bridgehead atoms. The fourth-order valence-electron chi connectivity index (χ4n) is 5.02. The number of amides is 1. The van der Waals surface area contributed by atoms with Crippen molar-refractivity contribution in [3.63, 3.8) is 0 Å². The van der Waals surface area contributed by atoms with E-state index in [-0.39, 0.29) is 23.9 Å². The molecular formula is C22H18N4O4. The zero-order valence-electron chi connectivity index (χ0n) is 16.1. The van der Waals surface area contributed by atoms with Gasteiger partial charge in [-0.3, -0.25) is 24.4 Å². The van der Waals surface area contributed by atoms with E-state index in [4.69, 9.17) is 4.74 Å². The topological polar surface area (TPSA) is 93.5 Å². The number of anilines is 1. The molecule has 0 radical (unpaired) electrons. The van der Waals surface area contributed by atoms with Gasteiger partial charge in [0.25, 0.3) is 5.56 Å². The molecule has 6 rings (SSSR count). The number of nitrogens with zero attached hydrogens (tertiary/aromatic N) is 3. The molecule has 3 aliphatic rings. The molecule has 0 aliphatic carbocycles. The van der Waals surface area contributed by atoms with Crippen molar-refractivity contribution in [3.8, 4) is 0 Å². The Morgan fingerprint density at radius 2 is 1.87 bits per heavy atom. The highest BCUT2D eigenvalue weighted by Gasteiger charge is 2.64. The number of carbonyl (C=O) groups is 2. The van der Waals surface area contributed by atoms with Gasteiger partial charge in [-0.2, -0.15) is 0 Å². The van der Waals surface area contributed by atoms with E-state index in [1.54, 1.807) is 30.0 Å². The first-order valence-electron chi connectivity index (χ1n) is 9.89. The van der Waals surface area contributed by atoms with E-state index in [2.05, 4.69) is 10.3 Å². The molecule has 4 atom stereocenters. The molecule has 3 aromatic rings. The Morgan fingerprint density at radius 1 is 1.10 bits per heavy atom. The molecule has 8 nitrogen and oxygen atoms in total. The number of benzene rings is 2. The minimum absolute atomic E-state index is 0.0617. The molecule has 1 spiro atoms. The van der Waals surface area contributed by atoms with E-state index in [9.17, 15) is 14.4 Å². The maximum absolute atomic E-state index is 13.1. The first-order valence-corrected chi connectivity index (χ1v) is 9.89. The van der Waals surface area contributed by atoms with Crippen LogP contribution in [0.5, 0.6) is 0 Å². The lowest BCUT2D eigenvalue weighted by Gasteiger charge is -2.30. The third-order valence-electron chi connectivity index (χ3n) is 6.41. The molecule has 1 N–H and O–H groups in total. The van der Waals surface area contributed by atoms with Crippen LogP contribution in [0.1, 0.15) is 24.9 Å². The molecule has 0 unspecified atom stereocenters. The van der Waals surface area contributed by atoms with E-state index >= 15 is 0 Å². The summed E-state index contributed by atoms with van der Waals surface area (Å²) in [5, 5.41) is 3.73. The molecule has 150 valence electrons. The molecule has 2 saturated heterocycles. The van der Waals surface area contributed by atoms with Crippen molar-refractivity contribution in [2.75, 3.05) is 4.90 Å². The number of para-hydroxylation sites is 2. The number of nitrogens with one attached hydrogen (secondary N) is 1. The summed E-state index contributed by atoms with van der Waals surface area (Å²) in [4.78, 5) is 44.9. The third kappa shape index (κ3) is 2.03. The third-order valence-corrected chi connectivity index (χ3v) is 6.41. The Labute approximate surface area is 171 Å². The van der Waals surface area contributed by atoms with Crippen molar-refractivity contribution < 1.29 is 14.3 Å². The molecule has 2 aromatic carbocycles. The molecule has 30 heavy (non-hydrogen) atoms. The lowest BCUT2D eigenvalue weighted by atomic mass is 9.88. The molecule has 3 aliphatic heterocycles. The van der Waals surface area contributed by atoms with E-state index < -0.39 is 23.8 Å². The Balaban J connectivity index is 1.49. The molecule has 1 amide bonds. The summed E-state index contributed by atoms with van der Waals surface area (Å²) >= 11 is 0. The van der Waals surface area contributed by atoms with Crippen LogP contribution in [0.25, 0.3) is 10.9 Å². The lowest BCUT2D eigenvalue weighted by Crippen LogP contribution is -2.49. The first kappa shape index (κ1) is 17.3. The van der Waals surface area contributed by atoms with Crippen molar-refractivity contribution in [1.29, 1.82) is 0 Å². The number of aromatic nitrogens is 2. The van der Waals surface area contributed by atoms with Gasteiger partial charge in [0.1, 0.15) is 12.2 Å². The minimum atomic E-state index is -1.05. The van der Waals surface area contributed by atoms with E-state index in [1.165, 1.54) is 10.9 Å². The molecule has 1 aromatic heterocycles. The number of ether oxygens (including phenoxy) is 1. The number of esters is 1. The van der Waals surface area contributed by atoms with Gasteiger partial charge in [0, 0.05) is 12.0 Å². The van der Waals surface area contributed by atoms with Crippen LogP contribution in [0.2, 0.25) is 0 Å². The molecule has 2 fully saturated rings. The van der Waals surface area contributed by atoms with Crippen LogP contribution in [-0.2, 0) is 19.9 Å². The monoisotopic (exact) mass is 402 g/mol. The highest BCUT2D eigenvalue weighted by Crippen LogP contribution is 2.54. The molecular weight excluding hydrogens is 384 g/mol. The number of rotatable bonds is 1. The maximum Gasteiger partial charge on any atom is 0.330 e. The second-order valence-corrected chi connectivity index (χ2v) is 8.02. The summed E-state index contributed by atoms with van der Waals surface area (Å²) in [6, 6.07) is 13.3. The summed E-state index contributed by atoms with van der Waals surface area (Å²) in [7, 11) is 0. The summed E-state index contributed by atoms with van der Waals surface area (Å²) in [6.07, 6.45) is 1.14. The SMILES string of the molecule is C[C@@H]1N[C@H]2N(C1=O)c1ccccc1[C@]21C[C@H](n2cnc3ccccc3c2=O)C(=O)O1. The largest absolute Gasteiger partial charge is 0.449 e. The number of hydrogen-bond donors (Lipinski definition) is 1. The van der Waals surface area contributed by atoms with Crippen LogP contribution in [0.4, 0.5) is 5.69 Å². The first-order chi connectivity index (χ1) is 14.5. The van der Waals surface area contributed by atoms with Crippen LogP contribution in [0.15, 0.2) is 59.7 Å². The van der Waals surface area contributed by atoms with Gasteiger partial charge in [-0.1, -0.05) is 30.3 Å². The van der Waals surface area contributed by atoms with Crippen LogP contribution in [-0.4, -0.2) is 33.6 Å². The van der Waals surface area contributed by atoms with Crippen LogP contribution in [0, 0.1) is 0 Å². The molecule has 0 saturated carbocycles. The van der Waals surface area contributed by atoms with E-state index in [0.29, 0.717) is 10.9 Å². The maximum atomic E-state index is 13.1. The Morgan fingerprint density at radius 3 is 2.73 bits per heavy atom. The highest BCUT2D eigenvalue weighted by molar-refractivity contribution is 6.03. The summed E-state index contributed by atoms with van der Waals surface area (Å²) in [6.45, 7) is 1.79. The van der Waals surface area contributed by atoms with Crippen molar-refractivity contribution in [1.82, 2.24) is 14.9 Å². The Kier molecular flexibility index (Phi) is 3.33. The van der Waals surface area contributed by atoms with Gasteiger partial charge in [-0.05, 0) is 25.1 Å². The van der Waals surface area contributed by atoms with Gasteiger partial charge in [0.05, 0.1) is 29.0 Å². The van der Waals surface area contributed by atoms with Crippen molar-refractivity contribution in [2.45, 2.75) is 37.2 Å². The van der Waals surface area contributed by atoms with Crippen molar-refractivity contribution >= 4 is 28.5 Å². The fourth-order valence-corrected chi connectivity index (χ4v) is 5.02. The predicted octanol–water partition coefficient (Wildman–Crippen LogP) is 1.44. The van der Waals surface area contributed by atoms with Crippen molar-refractivity contribution in [3.05, 3.63) is 70.8 Å². The van der Waals surface area contributed by atoms with Crippen LogP contribution >= 0.6 is 0 Å². The van der Waals surface area contributed by atoms with Gasteiger partial charge in [-0.15, -0.1) is 0 Å². The normalized spacial score (nSPS) is 29.5. The lowest BCUT2D eigenvalue weighted by molar-refractivity contribution is -0.152. The summed E-state index contributed by atoms with van der Waals surface area (Å²) in [5.74, 6) is -0.562. The van der Waals surface area contributed by atoms with E-state index in [1.807, 2.05) is 30.3 Å². The average Bonchev–Trinajstić information content (AvgIpc) is 3.34. The van der Waals surface area contributed by atoms with Crippen molar-refractivity contribution in [2.24, 2.45) is 0 Å². The predicted molar refractivity (Wildman–Crippen MR) is 108 cm³/mol. The van der Waals surface area contributed by atoms with Gasteiger partial charge in [0.2, 0.25) is 5.91 Å². The van der Waals surface area contributed by atoms with Crippen LogP contribution < -0.4 is 15.8 Å². The summed E-state index contributed by atoms with van der Waals surface area (Å²) < 4.78 is 7.35. The van der Waals surface area contributed by atoms with Gasteiger partial charge < -0.3 is 4.74 Å². The molecule has 4 heterocycles. The quantitative estimate of drug-likeness (QED) is 0.619. The van der Waals surface area contributed by atoms with Gasteiger partial charge in [0.15, 0.2) is 5.60 Å². The standard InChI is InChI=1S/C22H18N4O4/c1-12-18(27)26-16-9-5-3-7-14(16)22(21(26)24-12)10-17(20(29)30-22)25-11-23-15-8-4-2-6-13(15)19(25)28/h2-9,11-12,17,21,24H,10H2,1H3/t12-,17-,21-,22+/m0/s1. The smallest absolute Gasteiger partial charge is 0.330 e. The zero-order chi connectivity index (χ0) is 20.6. The van der Waals surface area contributed by atoms with Gasteiger partial charge in [-0.25, -0.2) is 9.78 Å². The number of hydrogen-bond acceptors (Lipinski definition) is 6. The second kappa shape index (κ2) is 5.76. The Hall–Kier alpha value is -3.52.